The number of aliphatic carboxylic acids is 1. The van der Waals surface area contributed by atoms with Gasteiger partial charge >= 0.3 is 5.97 Å². The monoisotopic (exact) mass is 333 g/mol. The van der Waals surface area contributed by atoms with Crippen LogP contribution in [-0.4, -0.2) is 35.7 Å². The fraction of sp³-hybridized carbons (Fsp3) is 0.579. The molecule has 0 bridgehead atoms. The predicted molar refractivity (Wildman–Crippen MR) is 91.8 cm³/mol. The number of rotatable bonds is 7. The Morgan fingerprint density at radius 3 is 2.38 bits per heavy atom. The molecule has 0 radical (unpaired) electrons. The van der Waals surface area contributed by atoms with E-state index < -0.39 is 11.5 Å². The topological polar surface area (TPSA) is 75.6 Å². The van der Waals surface area contributed by atoms with Crippen LogP contribution in [0.4, 0.5) is 0 Å². The third-order valence-corrected chi connectivity index (χ3v) is 4.78. The smallest absolute Gasteiger partial charge is 0.305 e. The van der Waals surface area contributed by atoms with Crippen LogP contribution in [0.2, 0.25) is 0 Å². The molecule has 1 saturated heterocycles. The van der Waals surface area contributed by atoms with Crippen molar-refractivity contribution in [2.24, 2.45) is 5.92 Å². The zero-order chi connectivity index (χ0) is 17.6. The van der Waals surface area contributed by atoms with Crippen molar-refractivity contribution in [1.29, 1.82) is 0 Å². The maximum absolute atomic E-state index is 12.6. The standard InChI is InChI=1S/C19H27NO4/c1-14(2)16(15-6-4-3-5-7-15)12-17(21)20-19(13-18(22)23)8-10-24-11-9-19/h3-7,14,16H,8-13H2,1-2H3,(H,20,21)(H,22,23). The molecule has 5 nitrogen and oxygen atoms in total. The molecule has 2 rings (SSSR count). The third-order valence-electron chi connectivity index (χ3n) is 4.78. The van der Waals surface area contributed by atoms with E-state index >= 15 is 0 Å². The Kier molecular flexibility index (Phi) is 6.37. The number of carbonyl (C=O) groups excluding carboxylic acids is 1. The van der Waals surface area contributed by atoms with Crippen molar-refractivity contribution in [1.82, 2.24) is 5.32 Å². The quantitative estimate of drug-likeness (QED) is 0.804. The minimum Gasteiger partial charge on any atom is -0.481 e. The Morgan fingerprint density at radius 2 is 1.83 bits per heavy atom. The summed E-state index contributed by atoms with van der Waals surface area (Å²) in [4.78, 5) is 23.9. The highest BCUT2D eigenvalue weighted by atomic mass is 16.5. The van der Waals surface area contributed by atoms with Crippen LogP contribution in [0.5, 0.6) is 0 Å². The van der Waals surface area contributed by atoms with Gasteiger partial charge < -0.3 is 15.2 Å². The highest BCUT2D eigenvalue weighted by Crippen LogP contribution is 2.29. The Balaban J connectivity index is 2.07. The van der Waals surface area contributed by atoms with Gasteiger partial charge in [-0.15, -0.1) is 0 Å². The second-order valence-electron chi connectivity index (χ2n) is 6.98. The first-order valence-corrected chi connectivity index (χ1v) is 8.57. The molecule has 1 aromatic carbocycles. The lowest BCUT2D eigenvalue weighted by atomic mass is 9.83. The lowest BCUT2D eigenvalue weighted by molar-refractivity contribution is -0.140. The summed E-state index contributed by atoms with van der Waals surface area (Å²) >= 11 is 0. The molecule has 1 aliphatic rings. The van der Waals surface area contributed by atoms with E-state index in [1.807, 2.05) is 30.3 Å². The summed E-state index contributed by atoms with van der Waals surface area (Å²) in [6, 6.07) is 10.0. The van der Waals surface area contributed by atoms with Gasteiger partial charge in [-0.2, -0.15) is 0 Å². The van der Waals surface area contributed by atoms with Gasteiger partial charge in [0.15, 0.2) is 0 Å². The fourth-order valence-corrected chi connectivity index (χ4v) is 3.38. The predicted octanol–water partition coefficient (Wildman–Crippen LogP) is 2.96. The van der Waals surface area contributed by atoms with E-state index in [0.29, 0.717) is 38.4 Å². The number of ether oxygens (including phenoxy) is 1. The molecule has 1 amide bonds. The molecular formula is C19H27NO4. The maximum Gasteiger partial charge on any atom is 0.305 e. The minimum absolute atomic E-state index is 0.0558. The summed E-state index contributed by atoms with van der Waals surface area (Å²) in [7, 11) is 0. The summed E-state index contributed by atoms with van der Waals surface area (Å²) in [6.07, 6.45) is 1.40. The number of carboxylic acid groups (broad SMARTS) is 1. The normalized spacial score (nSPS) is 18.1. The first kappa shape index (κ1) is 18.5. The molecule has 1 fully saturated rings. The molecule has 1 heterocycles. The van der Waals surface area contributed by atoms with Crippen LogP contribution in [0, 0.1) is 5.92 Å². The van der Waals surface area contributed by atoms with E-state index in [2.05, 4.69) is 19.2 Å². The van der Waals surface area contributed by atoms with Gasteiger partial charge in [0.25, 0.3) is 0 Å². The Morgan fingerprint density at radius 1 is 1.21 bits per heavy atom. The fourth-order valence-electron chi connectivity index (χ4n) is 3.38. The van der Waals surface area contributed by atoms with E-state index in [1.165, 1.54) is 0 Å². The number of benzene rings is 1. The largest absolute Gasteiger partial charge is 0.481 e. The highest BCUT2D eigenvalue weighted by molar-refractivity contribution is 5.79. The zero-order valence-corrected chi connectivity index (χ0v) is 14.5. The molecule has 1 unspecified atom stereocenters. The second kappa shape index (κ2) is 8.29. The average molecular weight is 333 g/mol. The minimum atomic E-state index is -0.888. The number of hydrogen-bond acceptors (Lipinski definition) is 3. The Labute approximate surface area is 143 Å². The van der Waals surface area contributed by atoms with Crippen molar-refractivity contribution >= 4 is 11.9 Å². The van der Waals surface area contributed by atoms with Gasteiger partial charge in [0, 0.05) is 19.6 Å². The second-order valence-corrected chi connectivity index (χ2v) is 6.98. The summed E-state index contributed by atoms with van der Waals surface area (Å²) in [5, 5.41) is 12.2. The molecule has 132 valence electrons. The summed E-state index contributed by atoms with van der Waals surface area (Å²) in [5.41, 5.74) is 0.459. The molecule has 24 heavy (non-hydrogen) atoms. The molecule has 5 heteroatoms. The zero-order valence-electron chi connectivity index (χ0n) is 14.5. The number of carboxylic acids is 1. The molecule has 0 aromatic heterocycles. The van der Waals surface area contributed by atoms with Crippen LogP contribution in [0.25, 0.3) is 0 Å². The van der Waals surface area contributed by atoms with Gasteiger partial charge in [0.05, 0.1) is 12.0 Å². The van der Waals surface area contributed by atoms with Crippen molar-refractivity contribution in [3.8, 4) is 0 Å². The summed E-state index contributed by atoms with van der Waals surface area (Å²) in [5.74, 6) is -0.530. The van der Waals surface area contributed by atoms with Crippen molar-refractivity contribution in [2.45, 2.75) is 51.0 Å². The van der Waals surface area contributed by atoms with E-state index in [1.54, 1.807) is 0 Å². The first-order chi connectivity index (χ1) is 11.4. The third kappa shape index (κ3) is 5.06. The van der Waals surface area contributed by atoms with Gasteiger partial charge in [-0.3, -0.25) is 9.59 Å². The van der Waals surface area contributed by atoms with E-state index in [0.717, 1.165) is 5.56 Å². The van der Waals surface area contributed by atoms with Crippen LogP contribution in [-0.2, 0) is 14.3 Å². The number of hydrogen-bond donors (Lipinski definition) is 2. The molecule has 1 atom stereocenters. The van der Waals surface area contributed by atoms with Crippen LogP contribution in [0.1, 0.15) is 51.0 Å². The Bertz CT molecular complexity index is 550. The van der Waals surface area contributed by atoms with Crippen molar-refractivity contribution in [2.75, 3.05) is 13.2 Å². The summed E-state index contributed by atoms with van der Waals surface area (Å²) < 4.78 is 5.33. The lowest BCUT2D eigenvalue weighted by Gasteiger charge is -2.37. The molecular weight excluding hydrogens is 306 g/mol. The van der Waals surface area contributed by atoms with Crippen molar-refractivity contribution in [3.05, 3.63) is 35.9 Å². The van der Waals surface area contributed by atoms with Gasteiger partial charge in [-0.25, -0.2) is 0 Å². The molecule has 0 aliphatic carbocycles. The van der Waals surface area contributed by atoms with Gasteiger partial charge in [-0.05, 0) is 30.2 Å². The Hall–Kier alpha value is -1.88. The highest BCUT2D eigenvalue weighted by Gasteiger charge is 2.37. The molecule has 0 saturated carbocycles. The van der Waals surface area contributed by atoms with Crippen molar-refractivity contribution in [3.63, 3.8) is 0 Å². The van der Waals surface area contributed by atoms with Crippen LogP contribution >= 0.6 is 0 Å². The number of nitrogens with one attached hydrogen (secondary N) is 1. The molecule has 2 N–H and O–H groups in total. The SMILES string of the molecule is CC(C)C(CC(=O)NC1(CC(=O)O)CCOCC1)c1ccccc1. The average Bonchev–Trinajstić information content (AvgIpc) is 2.53. The van der Waals surface area contributed by atoms with E-state index in [9.17, 15) is 14.7 Å². The van der Waals surface area contributed by atoms with Crippen molar-refractivity contribution < 1.29 is 19.4 Å². The van der Waals surface area contributed by atoms with Crippen LogP contribution in [0.15, 0.2) is 30.3 Å². The number of amides is 1. The lowest BCUT2D eigenvalue weighted by Crippen LogP contribution is -2.53. The summed E-state index contributed by atoms with van der Waals surface area (Å²) in [6.45, 7) is 5.18. The van der Waals surface area contributed by atoms with E-state index in [4.69, 9.17) is 4.74 Å². The maximum atomic E-state index is 12.6. The molecule has 1 aromatic rings. The molecule has 0 spiro atoms. The molecule has 1 aliphatic heterocycles. The van der Waals surface area contributed by atoms with Crippen LogP contribution in [0.3, 0.4) is 0 Å². The van der Waals surface area contributed by atoms with Gasteiger partial charge in [-0.1, -0.05) is 44.2 Å². The first-order valence-electron chi connectivity index (χ1n) is 8.57. The van der Waals surface area contributed by atoms with Crippen LogP contribution < -0.4 is 5.32 Å². The number of carbonyl (C=O) groups is 2. The van der Waals surface area contributed by atoms with Gasteiger partial charge in [0.2, 0.25) is 5.91 Å². The van der Waals surface area contributed by atoms with Gasteiger partial charge in [0.1, 0.15) is 0 Å². The van der Waals surface area contributed by atoms with E-state index in [-0.39, 0.29) is 18.2 Å².